The maximum absolute atomic E-state index is 11.9. The molecule has 92 valence electrons. The first kappa shape index (κ1) is 13.2. The second-order valence-corrected chi connectivity index (χ2v) is 3.85. The fourth-order valence-corrected chi connectivity index (χ4v) is 1.54. The van der Waals surface area contributed by atoms with E-state index in [0.29, 0.717) is 6.42 Å². The first-order valence-corrected chi connectivity index (χ1v) is 5.61. The molecule has 0 radical (unpaired) electrons. The quantitative estimate of drug-likeness (QED) is 0.788. The van der Waals surface area contributed by atoms with Crippen molar-refractivity contribution in [2.24, 2.45) is 5.73 Å². The van der Waals surface area contributed by atoms with E-state index in [9.17, 15) is 9.59 Å². The van der Waals surface area contributed by atoms with E-state index in [4.69, 9.17) is 10.5 Å². The van der Waals surface area contributed by atoms with Crippen molar-refractivity contribution in [2.45, 2.75) is 32.3 Å². The van der Waals surface area contributed by atoms with Crippen LogP contribution in [0.5, 0.6) is 0 Å². The summed E-state index contributed by atoms with van der Waals surface area (Å²) in [4.78, 5) is 22.7. The van der Waals surface area contributed by atoms with Gasteiger partial charge in [-0.2, -0.15) is 0 Å². The van der Waals surface area contributed by atoms with E-state index in [0.717, 1.165) is 5.56 Å². The Morgan fingerprint density at radius 2 is 1.88 bits per heavy atom. The molecule has 4 heteroatoms. The maximum Gasteiger partial charge on any atom is 0.314 e. The molecule has 1 aromatic rings. The first-order chi connectivity index (χ1) is 8.06. The van der Waals surface area contributed by atoms with E-state index >= 15 is 0 Å². The molecule has 0 unspecified atom stereocenters. The zero-order valence-electron chi connectivity index (χ0n) is 10.1. The largest absolute Gasteiger partial charge is 0.452 e. The van der Waals surface area contributed by atoms with Crippen LogP contribution in [-0.2, 0) is 14.3 Å². The van der Waals surface area contributed by atoms with Crippen LogP contribution in [0.4, 0.5) is 0 Å². The lowest BCUT2D eigenvalue weighted by Crippen LogP contribution is -2.32. The van der Waals surface area contributed by atoms with Crippen molar-refractivity contribution < 1.29 is 14.3 Å². The molecule has 0 saturated carbocycles. The minimum Gasteiger partial charge on any atom is -0.452 e. The van der Waals surface area contributed by atoms with E-state index in [-0.39, 0.29) is 5.92 Å². The molecular formula is C13H17NO3. The number of hydrogen-bond acceptors (Lipinski definition) is 3. The molecule has 0 aliphatic carbocycles. The van der Waals surface area contributed by atoms with E-state index < -0.39 is 18.0 Å². The van der Waals surface area contributed by atoms with Gasteiger partial charge in [-0.1, -0.05) is 37.3 Å². The van der Waals surface area contributed by atoms with Crippen LogP contribution in [0, 0.1) is 0 Å². The monoisotopic (exact) mass is 235 g/mol. The molecule has 0 aliphatic heterocycles. The van der Waals surface area contributed by atoms with Crippen LogP contribution in [-0.4, -0.2) is 18.0 Å². The zero-order chi connectivity index (χ0) is 12.8. The summed E-state index contributed by atoms with van der Waals surface area (Å²) in [6, 6.07) is 9.34. The molecule has 2 atom stereocenters. The van der Waals surface area contributed by atoms with E-state index in [2.05, 4.69) is 0 Å². The highest BCUT2D eigenvalue weighted by atomic mass is 16.5. The minimum atomic E-state index is -0.889. The van der Waals surface area contributed by atoms with Crippen LogP contribution >= 0.6 is 0 Å². The SMILES string of the molecule is CC[C@@H](C(=O)O[C@H](C)C(N)=O)c1ccccc1. The van der Waals surface area contributed by atoms with Gasteiger partial charge in [-0.15, -0.1) is 0 Å². The summed E-state index contributed by atoms with van der Waals surface area (Å²) in [7, 11) is 0. The number of carbonyl (C=O) groups excluding carboxylic acids is 2. The topological polar surface area (TPSA) is 69.4 Å². The summed E-state index contributed by atoms with van der Waals surface area (Å²) in [6.45, 7) is 3.37. The molecule has 0 heterocycles. The number of benzene rings is 1. The second kappa shape index (κ2) is 6.03. The number of rotatable bonds is 5. The fraction of sp³-hybridized carbons (Fsp3) is 0.385. The third-order valence-electron chi connectivity index (χ3n) is 2.59. The van der Waals surface area contributed by atoms with Gasteiger partial charge in [-0.3, -0.25) is 9.59 Å². The molecule has 0 aliphatic rings. The molecule has 0 aromatic heterocycles. The highest BCUT2D eigenvalue weighted by Gasteiger charge is 2.23. The van der Waals surface area contributed by atoms with Crippen molar-refractivity contribution in [2.75, 3.05) is 0 Å². The molecule has 1 rings (SSSR count). The van der Waals surface area contributed by atoms with Crippen LogP contribution in [0.25, 0.3) is 0 Å². The predicted molar refractivity (Wildman–Crippen MR) is 64.2 cm³/mol. The summed E-state index contributed by atoms with van der Waals surface area (Å²) < 4.78 is 5.01. The Balaban J connectivity index is 2.75. The van der Waals surface area contributed by atoms with Gasteiger partial charge in [0.05, 0.1) is 5.92 Å². The first-order valence-electron chi connectivity index (χ1n) is 5.61. The molecule has 2 N–H and O–H groups in total. The highest BCUT2D eigenvalue weighted by Crippen LogP contribution is 2.21. The smallest absolute Gasteiger partial charge is 0.314 e. The Labute approximate surface area is 101 Å². The minimum absolute atomic E-state index is 0.349. The van der Waals surface area contributed by atoms with Crippen molar-refractivity contribution in [1.82, 2.24) is 0 Å². The van der Waals surface area contributed by atoms with Crippen LogP contribution < -0.4 is 5.73 Å². The fourth-order valence-electron chi connectivity index (χ4n) is 1.54. The molecule has 0 fully saturated rings. The maximum atomic E-state index is 11.9. The average Bonchev–Trinajstić information content (AvgIpc) is 2.31. The van der Waals surface area contributed by atoms with Gasteiger partial charge in [0, 0.05) is 0 Å². The van der Waals surface area contributed by atoms with Crippen molar-refractivity contribution in [3.05, 3.63) is 35.9 Å². The predicted octanol–water partition coefficient (Wildman–Crippen LogP) is 1.60. The summed E-state index contributed by atoms with van der Waals surface area (Å²) in [5, 5.41) is 0. The number of esters is 1. The summed E-state index contributed by atoms with van der Waals surface area (Å²) >= 11 is 0. The van der Waals surface area contributed by atoms with Gasteiger partial charge < -0.3 is 10.5 Å². The molecule has 17 heavy (non-hydrogen) atoms. The van der Waals surface area contributed by atoms with Crippen LogP contribution in [0.1, 0.15) is 31.7 Å². The second-order valence-electron chi connectivity index (χ2n) is 3.85. The lowest BCUT2D eigenvalue weighted by atomic mass is 9.97. The van der Waals surface area contributed by atoms with E-state index in [1.165, 1.54) is 6.92 Å². The third kappa shape index (κ3) is 3.59. The number of primary amides is 1. The standard InChI is InChI=1S/C13H17NO3/c1-3-11(10-7-5-4-6-8-10)13(16)17-9(2)12(14)15/h4-9,11H,3H2,1-2H3,(H2,14,15)/t9-,11-/m1/s1. The Kier molecular flexibility index (Phi) is 4.69. The van der Waals surface area contributed by atoms with Crippen LogP contribution in [0.3, 0.4) is 0 Å². The Morgan fingerprint density at radius 3 is 2.35 bits per heavy atom. The summed E-state index contributed by atoms with van der Waals surface area (Å²) in [5.74, 6) is -1.40. The van der Waals surface area contributed by atoms with Gasteiger partial charge >= 0.3 is 5.97 Å². The Bertz CT molecular complexity index is 389. The van der Waals surface area contributed by atoms with Crippen LogP contribution in [0.15, 0.2) is 30.3 Å². The molecule has 0 bridgehead atoms. The lowest BCUT2D eigenvalue weighted by Gasteiger charge is -2.16. The summed E-state index contributed by atoms with van der Waals surface area (Å²) in [6.07, 6.45) is -0.269. The molecule has 1 aromatic carbocycles. The van der Waals surface area contributed by atoms with E-state index in [1.54, 1.807) is 0 Å². The summed E-state index contributed by atoms with van der Waals surface area (Å²) in [5.41, 5.74) is 5.93. The van der Waals surface area contributed by atoms with Crippen molar-refractivity contribution >= 4 is 11.9 Å². The number of hydrogen-bond donors (Lipinski definition) is 1. The number of carbonyl (C=O) groups is 2. The normalized spacial score (nSPS) is 13.8. The number of ether oxygens (including phenoxy) is 1. The van der Waals surface area contributed by atoms with Gasteiger partial charge in [-0.25, -0.2) is 0 Å². The van der Waals surface area contributed by atoms with Crippen molar-refractivity contribution in [3.8, 4) is 0 Å². The van der Waals surface area contributed by atoms with Crippen LogP contribution in [0.2, 0.25) is 0 Å². The lowest BCUT2D eigenvalue weighted by molar-refractivity contribution is -0.155. The highest BCUT2D eigenvalue weighted by molar-refractivity contribution is 5.84. The Morgan fingerprint density at radius 1 is 1.29 bits per heavy atom. The van der Waals surface area contributed by atoms with Gasteiger partial charge in [0.25, 0.3) is 5.91 Å². The average molecular weight is 235 g/mol. The third-order valence-corrected chi connectivity index (χ3v) is 2.59. The van der Waals surface area contributed by atoms with E-state index in [1.807, 2.05) is 37.3 Å². The molecule has 4 nitrogen and oxygen atoms in total. The van der Waals surface area contributed by atoms with Gasteiger partial charge in [0.2, 0.25) is 0 Å². The van der Waals surface area contributed by atoms with Gasteiger partial charge in [0.15, 0.2) is 6.10 Å². The number of amides is 1. The molecule has 0 saturated heterocycles. The molecular weight excluding hydrogens is 218 g/mol. The van der Waals surface area contributed by atoms with Gasteiger partial charge in [0.1, 0.15) is 0 Å². The number of nitrogens with two attached hydrogens (primary N) is 1. The Hall–Kier alpha value is -1.84. The molecule has 1 amide bonds. The van der Waals surface area contributed by atoms with Crippen molar-refractivity contribution in [1.29, 1.82) is 0 Å². The van der Waals surface area contributed by atoms with Crippen molar-refractivity contribution in [3.63, 3.8) is 0 Å². The van der Waals surface area contributed by atoms with Gasteiger partial charge in [-0.05, 0) is 18.9 Å². The molecule has 0 spiro atoms. The zero-order valence-corrected chi connectivity index (χ0v) is 10.1.